The van der Waals surface area contributed by atoms with Crippen LogP contribution in [0.25, 0.3) is 0 Å². The van der Waals surface area contributed by atoms with Crippen molar-refractivity contribution < 1.29 is 14.7 Å². The van der Waals surface area contributed by atoms with Gasteiger partial charge in [0.25, 0.3) is 0 Å². The lowest BCUT2D eigenvalue weighted by Gasteiger charge is -2.36. The van der Waals surface area contributed by atoms with E-state index < -0.39 is 0 Å². The average Bonchev–Trinajstić information content (AvgIpc) is 3.28. The fourth-order valence-corrected chi connectivity index (χ4v) is 5.84. The lowest BCUT2D eigenvalue weighted by Crippen LogP contribution is -2.50. The second kappa shape index (κ2) is 10.8. The van der Waals surface area contributed by atoms with Crippen molar-refractivity contribution in [1.29, 1.82) is 0 Å². The number of phenols is 1. The van der Waals surface area contributed by atoms with E-state index in [1.807, 2.05) is 35.2 Å². The Morgan fingerprint density at radius 3 is 2.58 bits per heavy atom. The zero-order chi connectivity index (χ0) is 25.1. The SMILES string of the molecule is CN1[C@@H](CCC(=O)N2CCN(c3ccccn3)CC2)CNC(=O)[C@@H]2[C@H]1CCN2Cc1ccc(O)cc1. The molecule has 0 radical (unpaired) electrons. The smallest absolute Gasteiger partial charge is 0.239 e. The first kappa shape index (κ1) is 24.5. The Bertz CT molecular complexity index is 1040. The number of nitrogens with one attached hydrogen (secondary N) is 1. The third-order valence-electron chi connectivity index (χ3n) is 7.97. The molecular weight excluding hydrogens is 456 g/mol. The van der Waals surface area contributed by atoms with Crippen LogP contribution >= 0.6 is 0 Å². The number of benzene rings is 1. The van der Waals surface area contributed by atoms with E-state index in [0.717, 1.165) is 43.9 Å². The predicted molar refractivity (Wildman–Crippen MR) is 138 cm³/mol. The van der Waals surface area contributed by atoms with Crippen LogP contribution in [0, 0.1) is 0 Å². The average molecular weight is 493 g/mol. The molecule has 2 aromatic rings. The predicted octanol–water partition coefficient (Wildman–Crippen LogP) is 1.29. The lowest BCUT2D eigenvalue weighted by atomic mass is 10.0. The van der Waals surface area contributed by atoms with Gasteiger partial charge in [-0.2, -0.15) is 0 Å². The Hall–Kier alpha value is -3.17. The molecule has 2 N–H and O–H groups in total. The summed E-state index contributed by atoms with van der Waals surface area (Å²) >= 11 is 0. The summed E-state index contributed by atoms with van der Waals surface area (Å²) < 4.78 is 0. The molecule has 0 saturated carbocycles. The molecule has 3 aliphatic heterocycles. The summed E-state index contributed by atoms with van der Waals surface area (Å²) in [5.41, 5.74) is 1.08. The van der Waals surface area contributed by atoms with Crippen molar-refractivity contribution in [2.75, 3.05) is 51.2 Å². The number of piperazine rings is 1. The van der Waals surface area contributed by atoms with Crippen molar-refractivity contribution in [3.8, 4) is 5.75 Å². The molecule has 3 saturated heterocycles. The van der Waals surface area contributed by atoms with E-state index in [9.17, 15) is 14.7 Å². The van der Waals surface area contributed by atoms with E-state index in [1.165, 1.54) is 0 Å². The summed E-state index contributed by atoms with van der Waals surface area (Å²) in [4.78, 5) is 39.2. The molecule has 0 unspecified atom stereocenters. The molecule has 5 rings (SSSR count). The van der Waals surface area contributed by atoms with Gasteiger partial charge in [-0.05, 0) is 49.7 Å². The van der Waals surface area contributed by atoms with E-state index in [2.05, 4.69) is 32.0 Å². The molecule has 1 aromatic carbocycles. The van der Waals surface area contributed by atoms with Gasteiger partial charge in [0.1, 0.15) is 17.6 Å². The van der Waals surface area contributed by atoms with Crippen molar-refractivity contribution in [3.05, 3.63) is 54.2 Å². The molecule has 1 aromatic heterocycles. The molecule has 9 nitrogen and oxygen atoms in total. The molecule has 0 spiro atoms. The lowest BCUT2D eigenvalue weighted by molar-refractivity contribution is -0.132. The number of carbonyl (C=O) groups excluding carboxylic acids is 2. The maximum Gasteiger partial charge on any atom is 0.239 e. The van der Waals surface area contributed by atoms with Gasteiger partial charge < -0.3 is 20.2 Å². The quantitative estimate of drug-likeness (QED) is 0.628. The van der Waals surface area contributed by atoms with Crippen LogP contribution in [0.2, 0.25) is 0 Å². The fraction of sp³-hybridized carbons (Fsp3) is 0.519. The first-order valence-electron chi connectivity index (χ1n) is 12.9. The number of anilines is 1. The van der Waals surface area contributed by atoms with Gasteiger partial charge in [-0.3, -0.25) is 19.4 Å². The highest BCUT2D eigenvalue weighted by atomic mass is 16.3. The van der Waals surface area contributed by atoms with Gasteiger partial charge in [0.15, 0.2) is 0 Å². The van der Waals surface area contributed by atoms with E-state index in [4.69, 9.17) is 0 Å². The second-order valence-electron chi connectivity index (χ2n) is 10.1. The van der Waals surface area contributed by atoms with Crippen LogP contribution in [-0.2, 0) is 16.1 Å². The molecule has 36 heavy (non-hydrogen) atoms. The van der Waals surface area contributed by atoms with E-state index in [0.29, 0.717) is 32.6 Å². The van der Waals surface area contributed by atoms with Crippen LogP contribution in [0.4, 0.5) is 5.82 Å². The normalized spacial score (nSPS) is 25.4. The minimum absolute atomic E-state index is 0.0719. The summed E-state index contributed by atoms with van der Waals surface area (Å²) in [6, 6.07) is 13.2. The maximum atomic E-state index is 13.1. The molecule has 3 atom stereocenters. The number of phenolic OH excluding ortho intramolecular Hbond substituents is 1. The van der Waals surface area contributed by atoms with Gasteiger partial charge in [0, 0.05) is 70.5 Å². The highest BCUT2D eigenvalue weighted by Gasteiger charge is 2.45. The number of aromatic hydroxyl groups is 1. The number of likely N-dealkylation sites (N-methyl/N-ethyl adjacent to an activating group) is 1. The van der Waals surface area contributed by atoms with Crippen molar-refractivity contribution >= 4 is 17.6 Å². The molecule has 4 heterocycles. The summed E-state index contributed by atoms with van der Waals surface area (Å²) in [5, 5.41) is 12.7. The highest BCUT2D eigenvalue weighted by Crippen LogP contribution is 2.29. The zero-order valence-corrected chi connectivity index (χ0v) is 20.9. The molecule has 192 valence electrons. The van der Waals surface area contributed by atoms with Gasteiger partial charge >= 0.3 is 0 Å². The van der Waals surface area contributed by atoms with Crippen molar-refractivity contribution in [1.82, 2.24) is 25.0 Å². The van der Waals surface area contributed by atoms with Gasteiger partial charge in [-0.1, -0.05) is 18.2 Å². The largest absolute Gasteiger partial charge is 0.508 e. The molecule has 3 aliphatic rings. The summed E-state index contributed by atoms with van der Waals surface area (Å²) in [7, 11) is 2.10. The topological polar surface area (TPSA) is 92.2 Å². The summed E-state index contributed by atoms with van der Waals surface area (Å²) in [5.74, 6) is 1.47. The molecule has 0 aliphatic carbocycles. The van der Waals surface area contributed by atoms with E-state index in [-0.39, 0.29) is 35.7 Å². The van der Waals surface area contributed by atoms with Gasteiger partial charge in [0.05, 0.1) is 0 Å². The Morgan fingerprint density at radius 1 is 1.08 bits per heavy atom. The van der Waals surface area contributed by atoms with E-state index >= 15 is 0 Å². The van der Waals surface area contributed by atoms with Gasteiger partial charge in [0.2, 0.25) is 11.8 Å². The van der Waals surface area contributed by atoms with Crippen molar-refractivity contribution in [2.24, 2.45) is 0 Å². The Labute approximate surface area is 212 Å². The van der Waals surface area contributed by atoms with Crippen molar-refractivity contribution in [3.63, 3.8) is 0 Å². The molecule has 3 fully saturated rings. The molecule has 0 bridgehead atoms. The van der Waals surface area contributed by atoms with Crippen LogP contribution in [0.15, 0.2) is 48.7 Å². The number of pyridine rings is 1. The molecular formula is C27H36N6O3. The number of carbonyl (C=O) groups is 2. The first-order valence-corrected chi connectivity index (χ1v) is 12.9. The number of fused-ring (bicyclic) bond motifs is 1. The third kappa shape index (κ3) is 5.32. The number of hydrogen-bond acceptors (Lipinski definition) is 7. The number of aromatic nitrogens is 1. The second-order valence-corrected chi connectivity index (χ2v) is 10.1. The van der Waals surface area contributed by atoms with E-state index in [1.54, 1.807) is 18.3 Å². The van der Waals surface area contributed by atoms with Crippen molar-refractivity contribution in [2.45, 2.75) is 43.9 Å². The first-order chi connectivity index (χ1) is 17.5. The van der Waals surface area contributed by atoms with Gasteiger partial charge in [-0.25, -0.2) is 4.98 Å². The maximum absolute atomic E-state index is 13.1. The number of nitrogens with zero attached hydrogens (tertiary/aromatic N) is 5. The van der Waals surface area contributed by atoms with Gasteiger partial charge in [-0.15, -0.1) is 0 Å². The third-order valence-corrected chi connectivity index (χ3v) is 7.97. The van der Waals surface area contributed by atoms with Crippen LogP contribution < -0.4 is 10.2 Å². The fourth-order valence-electron chi connectivity index (χ4n) is 5.84. The summed E-state index contributed by atoms with van der Waals surface area (Å²) in [6.07, 6.45) is 3.95. The summed E-state index contributed by atoms with van der Waals surface area (Å²) in [6.45, 7) is 5.10. The van der Waals surface area contributed by atoms with Crippen LogP contribution in [0.5, 0.6) is 5.75 Å². The number of rotatable bonds is 6. The number of amides is 2. The van der Waals surface area contributed by atoms with Crippen LogP contribution in [-0.4, -0.2) is 101 Å². The Morgan fingerprint density at radius 2 is 1.86 bits per heavy atom. The minimum Gasteiger partial charge on any atom is -0.508 e. The monoisotopic (exact) mass is 492 g/mol. The number of likely N-dealkylation sites (tertiary alicyclic amines) is 1. The zero-order valence-electron chi connectivity index (χ0n) is 20.9. The van der Waals surface area contributed by atoms with Crippen LogP contribution in [0.1, 0.15) is 24.8 Å². The van der Waals surface area contributed by atoms with Crippen LogP contribution in [0.3, 0.4) is 0 Å². The highest BCUT2D eigenvalue weighted by molar-refractivity contribution is 5.83. The Kier molecular flexibility index (Phi) is 7.38. The Balaban J connectivity index is 1.14. The molecule has 2 amide bonds. The standard InChI is InChI=1S/C27H36N6O3/c1-30-21(7-10-25(35)32-16-14-31(15-17-32)24-4-2-3-12-28-24)18-29-27(36)26-23(30)11-13-33(26)19-20-5-8-22(34)9-6-20/h2-6,8-9,12,21,23,26,34H,7,10-11,13-19H2,1H3,(H,29,36)/t21-,23+,26-/m0/s1. The minimum atomic E-state index is -0.204. The number of hydrogen-bond donors (Lipinski definition) is 2. The molecule has 9 heteroatoms.